The Morgan fingerprint density at radius 3 is 2.62 bits per heavy atom. The van der Waals surface area contributed by atoms with Gasteiger partial charge in [-0.3, -0.25) is 9.59 Å². The van der Waals surface area contributed by atoms with Gasteiger partial charge in [-0.25, -0.2) is 4.39 Å². The summed E-state index contributed by atoms with van der Waals surface area (Å²) in [5.74, 6) is 0.0760. The van der Waals surface area contributed by atoms with Crippen LogP contribution in [0.3, 0.4) is 0 Å². The summed E-state index contributed by atoms with van der Waals surface area (Å²) in [6, 6.07) is 8.27. The molecule has 1 aromatic heterocycles. The Kier molecular flexibility index (Phi) is 6.14. The third kappa shape index (κ3) is 3.71. The summed E-state index contributed by atoms with van der Waals surface area (Å²) in [6.45, 7) is 3.13. The second kappa shape index (κ2) is 9.00. The number of fused-ring (bicyclic) bond motifs is 2. The van der Waals surface area contributed by atoms with E-state index in [2.05, 4.69) is 0 Å². The first-order chi connectivity index (χ1) is 15.5. The lowest BCUT2D eigenvalue weighted by Crippen LogP contribution is -2.31. The second-order valence-corrected chi connectivity index (χ2v) is 7.41. The van der Waals surface area contributed by atoms with Crippen molar-refractivity contribution in [2.24, 2.45) is 0 Å². The summed E-state index contributed by atoms with van der Waals surface area (Å²) >= 11 is 0. The molecule has 32 heavy (non-hydrogen) atoms. The van der Waals surface area contributed by atoms with Gasteiger partial charge in [-0.15, -0.1) is 0 Å². The van der Waals surface area contributed by atoms with E-state index in [1.54, 1.807) is 30.2 Å². The fraction of sp³-hybridized carbons (Fsp3) is 0.333. The Hall–Kier alpha value is -3.39. The topological polar surface area (TPSA) is 78.2 Å². The molecule has 0 spiro atoms. The smallest absolute Gasteiger partial charge is 0.290 e. The van der Waals surface area contributed by atoms with E-state index in [4.69, 9.17) is 18.6 Å². The average Bonchev–Trinajstić information content (AvgIpc) is 3.07. The first-order valence-corrected chi connectivity index (χ1v) is 10.4. The highest BCUT2D eigenvalue weighted by Gasteiger charge is 2.42. The summed E-state index contributed by atoms with van der Waals surface area (Å²) in [5.41, 5.74) is 0.598. The number of methoxy groups -OCH3 is 2. The third-order valence-corrected chi connectivity index (χ3v) is 5.48. The van der Waals surface area contributed by atoms with Gasteiger partial charge in [0.1, 0.15) is 11.4 Å². The average molecular weight is 441 g/mol. The molecule has 0 saturated carbocycles. The summed E-state index contributed by atoms with van der Waals surface area (Å²) in [6.07, 6.45) is 0.573. The van der Waals surface area contributed by atoms with E-state index < -0.39 is 23.2 Å². The van der Waals surface area contributed by atoms with E-state index in [0.717, 1.165) is 6.07 Å². The maximum atomic E-state index is 13.9. The van der Waals surface area contributed by atoms with Crippen LogP contribution < -0.4 is 14.9 Å². The van der Waals surface area contributed by atoms with Crippen LogP contribution in [0.5, 0.6) is 11.5 Å². The zero-order chi connectivity index (χ0) is 22.8. The van der Waals surface area contributed by atoms with Crippen LogP contribution in [0.25, 0.3) is 11.0 Å². The van der Waals surface area contributed by atoms with Crippen molar-refractivity contribution < 1.29 is 27.8 Å². The van der Waals surface area contributed by atoms with Crippen molar-refractivity contribution in [1.29, 1.82) is 0 Å². The van der Waals surface area contributed by atoms with Crippen molar-refractivity contribution in [3.8, 4) is 11.5 Å². The van der Waals surface area contributed by atoms with E-state index in [1.165, 1.54) is 19.2 Å². The highest BCUT2D eigenvalue weighted by Crippen LogP contribution is 2.41. The Bertz CT molecular complexity index is 1220. The van der Waals surface area contributed by atoms with Crippen molar-refractivity contribution in [2.75, 3.05) is 34.0 Å². The quantitative estimate of drug-likeness (QED) is 0.493. The maximum Gasteiger partial charge on any atom is 0.290 e. The van der Waals surface area contributed by atoms with Crippen LogP contribution in [0.15, 0.2) is 45.6 Å². The summed E-state index contributed by atoms with van der Waals surface area (Å²) in [7, 11) is 3.11. The molecule has 3 aromatic rings. The van der Waals surface area contributed by atoms with Gasteiger partial charge < -0.3 is 23.5 Å². The number of carbonyl (C=O) groups excluding carboxylic acids is 1. The number of amides is 1. The molecular weight excluding hydrogens is 417 g/mol. The summed E-state index contributed by atoms with van der Waals surface area (Å²) in [4.78, 5) is 28.3. The molecule has 0 aliphatic carbocycles. The van der Waals surface area contributed by atoms with Gasteiger partial charge in [-0.05, 0) is 49.2 Å². The Balaban J connectivity index is 1.90. The minimum absolute atomic E-state index is 0.0237. The molecule has 1 atom stereocenters. The van der Waals surface area contributed by atoms with Crippen LogP contribution in [-0.2, 0) is 4.74 Å². The van der Waals surface area contributed by atoms with Crippen molar-refractivity contribution in [3.63, 3.8) is 0 Å². The number of benzene rings is 2. The normalized spacial score (nSPS) is 15.3. The molecule has 0 radical (unpaired) electrons. The molecule has 1 aliphatic heterocycles. The van der Waals surface area contributed by atoms with Gasteiger partial charge in [0.25, 0.3) is 5.91 Å². The number of nitrogens with zero attached hydrogens (tertiary/aromatic N) is 1. The van der Waals surface area contributed by atoms with Gasteiger partial charge >= 0.3 is 0 Å². The molecule has 1 amide bonds. The first kappa shape index (κ1) is 21.8. The molecule has 2 aromatic carbocycles. The largest absolute Gasteiger partial charge is 0.493 e. The lowest BCUT2D eigenvalue weighted by atomic mass is 9.98. The third-order valence-electron chi connectivity index (χ3n) is 5.48. The first-order valence-electron chi connectivity index (χ1n) is 10.4. The van der Waals surface area contributed by atoms with Crippen LogP contribution >= 0.6 is 0 Å². The fourth-order valence-electron chi connectivity index (χ4n) is 4.08. The van der Waals surface area contributed by atoms with Crippen LogP contribution in [0.1, 0.15) is 41.1 Å². The molecular formula is C24H24FNO6. The Morgan fingerprint density at radius 1 is 1.09 bits per heavy atom. The SMILES string of the molecule is CCOc1ccc(C2c3c(oc4ccc(F)cc4c3=O)C(=O)N2CCCOC)cc1OC. The molecule has 8 heteroatoms. The van der Waals surface area contributed by atoms with Gasteiger partial charge in [-0.1, -0.05) is 6.07 Å². The maximum absolute atomic E-state index is 13.9. The number of ether oxygens (including phenoxy) is 3. The van der Waals surface area contributed by atoms with Crippen molar-refractivity contribution in [2.45, 2.75) is 19.4 Å². The number of halogens is 1. The number of hydrogen-bond donors (Lipinski definition) is 0. The van der Waals surface area contributed by atoms with Gasteiger partial charge in [0.05, 0.1) is 30.7 Å². The molecule has 1 unspecified atom stereocenters. The molecule has 0 saturated heterocycles. The molecule has 0 N–H and O–H groups in total. The highest BCUT2D eigenvalue weighted by molar-refractivity contribution is 5.99. The van der Waals surface area contributed by atoms with Gasteiger partial charge in [-0.2, -0.15) is 0 Å². The number of hydrogen-bond acceptors (Lipinski definition) is 6. The van der Waals surface area contributed by atoms with E-state index >= 15 is 0 Å². The molecule has 168 valence electrons. The van der Waals surface area contributed by atoms with E-state index in [9.17, 15) is 14.0 Å². The van der Waals surface area contributed by atoms with Gasteiger partial charge in [0, 0.05) is 20.3 Å². The van der Waals surface area contributed by atoms with Crippen molar-refractivity contribution in [3.05, 3.63) is 69.3 Å². The van der Waals surface area contributed by atoms with Gasteiger partial charge in [0.15, 0.2) is 16.9 Å². The standard InChI is InChI=1S/C24H24FNO6/c1-4-31-18-8-6-14(12-19(18)30-3)21-20-22(27)16-13-15(25)7-9-17(16)32-23(20)24(28)26(21)10-5-11-29-2/h6-9,12-13,21H,4-5,10-11H2,1-3H3. The van der Waals surface area contributed by atoms with Crippen molar-refractivity contribution >= 4 is 16.9 Å². The minimum atomic E-state index is -0.706. The van der Waals surface area contributed by atoms with Crippen LogP contribution in [-0.4, -0.2) is 44.8 Å². The summed E-state index contributed by atoms with van der Waals surface area (Å²) < 4.78 is 35.9. The van der Waals surface area contributed by atoms with Gasteiger partial charge in [0.2, 0.25) is 5.76 Å². The summed E-state index contributed by atoms with van der Waals surface area (Å²) in [5, 5.41) is 0.0955. The van der Waals surface area contributed by atoms with E-state index in [1.807, 2.05) is 6.92 Å². The molecule has 4 rings (SSSR count). The lowest BCUT2D eigenvalue weighted by molar-refractivity contribution is 0.0707. The fourth-order valence-corrected chi connectivity index (χ4v) is 4.08. The Morgan fingerprint density at radius 2 is 1.91 bits per heavy atom. The lowest BCUT2D eigenvalue weighted by Gasteiger charge is -2.25. The molecule has 0 fully saturated rings. The predicted molar refractivity (Wildman–Crippen MR) is 116 cm³/mol. The zero-order valence-corrected chi connectivity index (χ0v) is 18.1. The predicted octanol–water partition coefficient (Wildman–Crippen LogP) is 3.92. The minimum Gasteiger partial charge on any atom is -0.493 e. The van der Waals surface area contributed by atoms with E-state index in [-0.39, 0.29) is 22.3 Å². The van der Waals surface area contributed by atoms with Crippen LogP contribution in [0.2, 0.25) is 0 Å². The van der Waals surface area contributed by atoms with Crippen LogP contribution in [0, 0.1) is 5.82 Å². The zero-order valence-electron chi connectivity index (χ0n) is 18.1. The van der Waals surface area contributed by atoms with E-state index in [0.29, 0.717) is 43.2 Å². The molecule has 0 bridgehead atoms. The monoisotopic (exact) mass is 441 g/mol. The molecule has 7 nitrogen and oxygen atoms in total. The molecule has 2 heterocycles. The molecule has 1 aliphatic rings. The Labute approximate surface area is 184 Å². The second-order valence-electron chi connectivity index (χ2n) is 7.41. The van der Waals surface area contributed by atoms with Crippen molar-refractivity contribution in [1.82, 2.24) is 4.90 Å². The number of carbonyl (C=O) groups is 1. The highest BCUT2D eigenvalue weighted by atomic mass is 19.1. The van der Waals surface area contributed by atoms with Crippen LogP contribution in [0.4, 0.5) is 4.39 Å². The number of rotatable bonds is 8.